The number of aromatic nitrogens is 3. The standard InChI is InChI=1S/C16H19N3O2/c1-2-3-11-4-5-15(20)12(8-11)16(21)13-9-18-19-7-6-17-10-14(13)19/h6-7,9-12H,2-5,8H2,1H3. The van der Waals surface area contributed by atoms with E-state index in [-0.39, 0.29) is 11.6 Å². The molecule has 1 aliphatic rings. The molecule has 0 aliphatic heterocycles. The normalized spacial score (nSPS) is 22.6. The Morgan fingerprint density at radius 2 is 2.29 bits per heavy atom. The Hall–Kier alpha value is -2.04. The molecule has 2 atom stereocenters. The van der Waals surface area contributed by atoms with Crippen molar-refractivity contribution in [1.82, 2.24) is 14.6 Å². The second-order valence-corrected chi connectivity index (χ2v) is 5.78. The van der Waals surface area contributed by atoms with Gasteiger partial charge in [0.1, 0.15) is 5.78 Å². The van der Waals surface area contributed by atoms with Crippen molar-refractivity contribution >= 4 is 17.1 Å². The number of hydrogen-bond acceptors (Lipinski definition) is 4. The summed E-state index contributed by atoms with van der Waals surface area (Å²) in [5, 5.41) is 4.16. The largest absolute Gasteiger partial charge is 0.299 e. The number of carbonyl (C=O) groups excluding carboxylic acids is 2. The molecule has 1 saturated carbocycles. The van der Waals surface area contributed by atoms with Crippen molar-refractivity contribution in [2.24, 2.45) is 11.8 Å². The molecule has 0 spiro atoms. The summed E-state index contributed by atoms with van der Waals surface area (Å²) in [5.74, 6) is -0.0236. The Labute approximate surface area is 123 Å². The number of fused-ring (bicyclic) bond motifs is 1. The van der Waals surface area contributed by atoms with Gasteiger partial charge in [-0.05, 0) is 18.8 Å². The minimum Gasteiger partial charge on any atom is -0.299 e. The molecule has 2 aromatic heterocycles. The molecule has 0 radical (unpaired) electrons. The number of carbonyl (C=O) groups is 2. The minimum atomic E-state index is -0.497. The zero-order valence-electron chi connectivity index (χ0n) is 12.2. The summed E-state index contributed by atoms with van der Waals surface area (Å²) in [6, 6.07) is 0. The fourth-order valence-corrected chi connectivity index (χ4v) is 3.24. The van der Waals surface area contributed by atoms with Crippen LogP contribution in [0.4, 0.5) is 0 Å². The lowest BCUT2D eigenvalue weighted by molar-refractivity contribution is -0.123. The van der Waals surface area contributed by atoms with Crippen LogP contribution in [-0.2, 0) is 4.79 Å². The molecule has 0 aromatic carbocycles. The molecular weight excluding hydrogens is 266 g/mol. The van der Waals surface area contributed by atoms with Gasteiger partial charge in [0.25, 0.3) is 0 Å². The van der Waals surface area contributed by atoms with Gasteiger partial charge in [-0.25, -0.2) is 4.52 Å². The van der Waals surface area contributed by atoms with E-state index in [1.807, 2.05) is 0 Å². The van der Waals surface area contributed by atoms with Gasteiger partial charge in [0.2, 0.25) is 0 Å². The van der Waals surface area contributed by atoms with Gasteiger partial charge < -0.3 is 0 Å². The van der Waals surface area contributed by atoms with E-state index in [2.05, 4.69) is 17.0 Å². The lowest BCUT2D eigenvalue weighted by Crippen LogP contribution is -2.31. The summed E-state index contributed by atoms with van der Waals surface area (Å²) < 4.78 is 1.62. The average Bonchev–Trinajstić information content (AvgIpc) is 2.93. The van der Waals surface area contributed by atoms with Crippen LogP contribution in [0, 0.1) is 11.8 Å². The molecule has 0 amide bonds. The third kappa shape index (κ3) is 2.60. The number of ketones is 2. The van der Waals surface area contributed by atoms with Gasteiger partial charge in [-0.15, -0.1) is 0 Å². The molecule has 2 unspecified atom stereocenters. The van der Waals surface area contributed by atoms with Gasteiger partial charge in [-0.3, -0.25) is 14.6 Å². The van der Waals surface area contributed by atoms with Gasteiger partial charge in [0, 0.05) is 18.8 Å². The van der Waals surface area contributed by atoms with E-state index in [0.717, 1.165) is 19.3 Å². The maximum atomic E-state index is 12.7. The molecule has 2 heterocycles. The average molecular weight is 285 g/mol. The van der Waals surface area contributed by atoms with Gasteiger partial charge in [0.15, 0.2) is 5.78 Å². The van der Waals surface area contributed by atoms with E-state index >= 15 is 0 Å². The Bertz CT molecular complexity index is 677. The van der Waals surface area contributed by atoms with Crippen molar-refractivity contribution < 1.29 is 9.59 Å². The van der Waals surface area contributed by atoms with Gasteiger partial charge in [-0.1, -0.05) is 19.8 Å². The second kappa shape index (κ2) is 5.76. The van der Waals surface area contributed by atoms with Crippen molar-refractivity contribution in [3.8, 4) is 0 Å². The van der Waals surface area contributed by atoms with Crippen LogP contribution >= 0.6 is 0 Å². The highest BCUT2D eigenvalue weighted by Crippen LogP contribution is 2.32. The molecule has 5 heteroatoms. The van der Waals surface area contributed by atoms with E-state index in [1.54, 1.807) is 29.3 Å². The van der Waals surface area contributed by atoms with Crippen LogP contribution < -0.4 is 0 Å². The first kappa shape index (κ1) is 13.9. The maximum Gasteiger partial charge on any atom is 0.177 e. The highest BCUT2D eigenvalue weighted by atomic mass is 16.2. The summed E-state index contributed by atoms with van der Waals surface area (Å²) >= 11 is 0. The van der Waals surface area contributed by atoms with E-state index in [4.69, 9.17) is 0 Å². The lowest BCUT2D eigenvalue weighted by Gasteiger charge is -2.26. The third-order valence-corrected chi connectivity index (χ3v) is 4.36. The number of hydrogen-bond donors (Lipinski definition) is 0. The van der Waals surface area contributed by atoms with Crippen LogP contribution in [0.25, 0.3) is 5.52 Å². The first-order valence-corrected chi connectivity index (χ1v) is 7.55. The van der Waals surface area contributed by atoms with Crippen molar-refractivity contribution in [3.05, 3.63) is 30.4 Å². The number of rotatable bonds is 4. The third-order valence-electron chi connectivity index (χ3n) is 4.36. The van der Waals surface area contributed by atoms with Crippen molar-refractivity contribution in [1.29, 1.82) is 0 Å². The fourth-order valence-electron chi connectivity index (χ4n) is 3.24. The zero-order valence-corrected chi connectivity index (χ0v) is 12.2. The molecular formula is C16H19N3O2. The highest BCUT2D eigenvalue weighted by molar-refractivity contribution is 6.13. The van der Waals surface area contributed by atoms with Crippen molar-refractivity contribution in [2.75, 3.05) is 0 Å². The minimum absolute atomic E-state index is 0.0793. The Kier molecular flexibility index (Phi) is 3.82. The van der Waals surface area contributed by atoms with Crippen LogP contribution in [0.15, 0.2) is 24.8 Å². The summed E-state index contributed by atoms with van der Waals surface area (Å²) in [5.41, 5.74) is 1.19. The Morgan fingerprint density at radius 1 is 1.43 bits per heavy atom. The maximum absolute atomic E-state index is 12.7. The Balaban J connectivity index is 1.88. The molecule has 5 nitrogen and oxygen atoms in total. The SMILES string of the molecule is CCCC1CCC(=O)C(C(=O)c2cnn3ccncc23)C1. The molecule has 3 rings (SSSR count). The molecule has 21 heavy (non-hydrogen) atoms. The topological polar surface area (TPSA) is 64.3 Å². The number of Topliss-reactive ketones (excluding diaryl/α,β-unsaturated/α-hetero) is 2. The first-order valence-electron chi connectivity index (χ1n) is 7.55. The van der Waals surface area contributed by atoms with Crippen molar-refractivity contribution in [2.45, 2.75) is 39.0 Å². The molecule has 2 aromatic rings. The molecule has 1 fully saturated rings. The molecule has 0 saturated heterocycles. The summed E-state index contributed by atoms with van der Waals surface area (Å²) in [4.78, 5) is 28.9. The van der Waals surface area contributed by atoms with Gasteiger partial charge in [-0.2, -0.15) is 5.10 Å². The predicted molar refractivity (Wildman–Crippen MR) is 78.1 cm³/mol. The summed E-state index contributed by atoms with van der Waals surface area (Å²) in [7, 11) is 0. The van der Waals surface area contributed by atoms with E-state index in [1.165, 1.54) is 0 Å². The smallest absolute Gasteiger partial charge is 0.177 e. The van der Waals surface area contributed by atoms with Crippen LogP contribution in [-0.4, -0.2) is 26.2 Å². The number of nitrogens with zero attached hydrogens (tertiary/aromatic N) is 3. The van der Waals surface area contributed by atoms with Crippen LogP contribution in [0.1, 0.15) is 49.4 Å². The van der Waals surface area contributed by atoms with E-state index < -0.39 is 5.92 Å². The fraction of sp³-hybridized carbons (Fsp3) is 0.500. The summed E-state index contributed by atoms with van der Waals surface area (Å²) in [6.07, 6.45) is 10.8. The predicted octanol–water partition coefficient (Wildman–Crippen LogP) is 2.70. The molecule has 110 valence electrons. The molecule has 0 bridgehead atoms. The second-order valence-electron chi connectivity index (χ2n) is 5.78. The quantitative estimate of drug-likeness (QED) is 0.640. The first-order chi connectivity index (χ1) is 10.2. The zero-order chi connectivity index (χ0) is 14.8. The van der Waals surface area contributed by atoms with E-state index in [0.29, 0.717) is 29.8 Å². The van der Waals surface area contributed by atoms with E-state index in [9.17, 15) is 9.59 Å². The summed E-state index contributed by atoms with van der Waals surface area (Å²) in [6.45, 7) is 2.14. The monoisotopic (exact) mass is 285 g/mol. The highest BCUT2D eigenvalue weighted by Gasteiger charge is 2.35. The van der Waals surface area contributed by atoms with Crippen molar-refractivity contribution in [3.63, 3.8) is 0 Å². The molecule has 0 N–H and O–H groups in total. The molecule has 1 aliphatic carbocycles. The van der Waals surface area contributed by atoms with Crippen LogP contribution in [0.3, 0.4) is 0 Å². The Morgan fingerprint density at radius 3 is 3.10 bits per heavy atom. The van der Waals surface area contributed by atoms with Crippen LogP contribution in [0.2, 0.25) is 0 Å². The van der Waals surface area contributed by atoms with Crippen LogP contribution in [0.5, 0.6) is 0 Å². The lowest BCUT2D eigenvalue weighted by atomic mass is 9.76. The van der Waals surface area contributed by atoms with Gasteiger partial charge >= 0.3 is 0 Å². The van der Waals surface area contributed by atoms with Gasteiger partial charge in [0.05, 0.1) is 29.4 Å².